The molecule has 0 amide bonds. The first-order valence-electron chi connectivity index (χ1n) is 6.96. The number of nitrogens with zero attached hydrogens (tertiary/aromatic N) is 2. The molecule has 2 aliphatic heterocycles. The summed E-state index contributed by atoms with van der Waals surface area (Å²) in [6.07, 6.45) is 3.56. The number of ether oxygens (including phenoxy) is 1. The van der Waals surface area contributed by atoms with Crippen LogP contribution in [0.3, 0.4) is 0 Å². The van der Waals surface area contributed by atoms with Crippen molar-refractivity contribution in [1.82, 2.24) is 10.3 Å². The Bertz CT molecular complexity index is 382. The molecule has 0 aromatic carbocycles. The molecule has 3 heterocycles. The smallest absolute Gasteiger partial charge is 0.128 e. The van der Waals surface area contributed by atoms with Crippen molar-refractivity contribution in [3.63, 3.8) is 0 Å². The van der Waals surface area contributed by atoms with E-state index in [1.165, 1.54) is 18.5 Å². The zero-order valence-electron chi connectivity index (χ0n) is 10.8. The zero-order valence-corrected chi connectivity index (χ0v) is 10.8. The van der Waals surface area contributed by atoms with Gasteiger partial charge in [0.1, 0.15) is 5.82 Å². The van der Waals surface area contributed by atoms with E-state index in [9.17, 15) is 0 Å². The summed E-state index contributed by atoms with van der Waals surface area (Å²) in [4.78, 5) is 7.17. The lowest BCUT2D eigenvalue weighted by Crippen LogP contribution is -2.27. The monoisotopic (exact) mass is 247 g/mol. The van der Waals surface area contributed by atoms with Gasteiger partial charge >= 0.3 is 0 Å². The highest BCUT2D eigenvalue weighted by molar-refractivity contribution is 5.40. The first-order valence-corrected chi connectivity index (χ1v) is 6.96. The molecule has 0 aliphatic carbocycles. The van der Waals surface area contributed by atoms with Crippen molar-refractivity contribution in [1.29, 1.82) is 0 Å². The number of hydrogen-bond acceptors (Lipinski definition) is 4. The lowest BCUT2D eigenvalue weighted by atomic mass is 10.1. The minimum Gasteiger partial charge on any atom is -0.380 e. The third-order valence-corrected chi connectivity index (χ3v) is 3.72. The molecule has 18 heavy (non-hydrogen) atoms. The number of rotatable bonds is 2. The van der Waals surface area contributed by atoms with Gasteiger partial charge in [-0.15, -0.1) is 0 Å². The van der Waals surface area contributed by atoms with Crippen LogP contribution in [0.25, 0.3) is 0 Å². The molecule has 2 saturated heterocycles. The van der Waals surface area contributed by atoms with Crippen molar-refractivity contribution in [3.05, 3.63) is 23.9 Å². The standard InChI is InChI=1S/C14H21N3O/c1-4-13(12-5-2-7-15-12)16-14(6-1)17-8-3-10-18-11-9-17/h1,4,6,12,15H,2-3,5,7-11H2/t12-/m0/s1. The minimum atomic E-state index is 0.452. The summed E-state index contributed by atoms with van der Waals surface area (Å²) in [5.74, 6) is 1.10. The normalized spacial score (nSPS) is 25.1. The highest BCUT2D eigenvalue weighted by Gasteiger charge is 2.19. The Morgan fingerprint density at radius 1 is 1.22 bits per heavy atom. The van der Waals surface area contributed by atoms with Gasteiger partial charge in [0, 0.05) is 25.7 Å². The van der Waals surface area contributed by atoms with E-state index in [-0.39, 0.29) is 0 Å². The summed E-state index contributed by atoms with van der Waals surface area (Å²) in [7, 11) is 0. The van der Waals surface area contributed by atoms with Gasteiger partial charge in [-0.2, -0.15) is 0 Å². The molecule has 0 radical (unpaired) electrons. The van der Waals surface area contributed by atoms with Gasteiger partial charge in [-0.25, -0.2) is 4.98 Å². The second kappa shape index (κ2) is 5.67. The molecule has 1 aromatic heterocycles. The minimum absolute atomic E-state index is 0.452. The Labute approximate surface area is 108 Å². The van der Waals surface area contributed by atoms with Crippen molar-refractivity contribution in [2.45, 2.75) is 25.3 Å². The van der Waals surface area contributed by atoms with Crippen LogP contribution in [0.4, 0.5) is 5.82 Å². The molecule has 0 saturated carbocycles. The molecule has 1 aromatic rings. The third kappa shape index (κ3) is 2.65. The molecule has 0 unspecified atom stereocenters. The maximum atomic E-state index is 5.49. The second-order valence-corrected chi connectivity index (χ2v) is 5.02. The molecule has 1 atom stereocenters. The van der Waals surface area contributed by atoms with Crippen LogP contribution in [0.15, 0.2) is 18.2 Å². The van der Waals surface area contributed by atoms with Gasteiger partial charge in [0.05, 0.1) is 12.3 Å². The Morgan fingerprint density at radius 3 is 3.11 bits per heavy atom. The maximum Gasteiger partial charge on any atom is 0.128 e. The molecule has 1 N–H and O–H groups in total. The summed E-state index contributed by atoms with van der Waals surface area (Å²) < 4.78 is 5.49. The highest BCUT2D eigenvalue weighted by Crippen LogP contribution is 2.23. The molecular formula is C14H21N3O. The van der Waals surface area contributed by atoms with E-state index in [0.29, 0.717) is 6.04 Å². The average Bonchev–Trinajstić information content (AvgIpc) is 2.82. The summed E-state index contributed by atoms with van der Waals surface area (Å²) in [6, 6.07) is 6.83. The quantitative estimate of drug-likeness (QED) is 0.863. The Morgan fingerprint density at radius 2 is 2.22 bits per heavy atom. The van der Waals surface area contributed by atoms with Crippen molar-refractivity contribution >= 4 is 5.82 Å². The fraction of sp³-hybridized carbons (Fsp3) is 0.643. The lowest BCUT2D eigenvalue weighted by Gasteiger charge is -2.22. The Balaban J connectivity index is 1.76. The van der Waals surface area contributed by atoms with Gasteiger partial charge in [0.25, 0.3) is 0 Å². The van der Waals surface area contributed by atoms with Gasteiger partial charge in [-0.05, 0) is 37.9 Å². The molecule has 2 aliphatic rings. The molecule has 4 nitrogen and oxygen atoms in total. The predicted molar refractivity (Wildman–Crippen MR) is 71.9 cm³/mol. The summed E-state index contributed by atoms with van der Waals surface area (Å²) >= 11 is 0. The zero-order chi connectivity index (χ0) is 12.2. The van der Waals surface area contributed by atoms with E-state index in [2.05, 4.69) is 28.4 Å². The number of aromatic nitrogens is 1. The summed E-state index contributed by atoms with van der Waals surface area (Å²) in [6.45, 7) is 4.81. The van der Waals surface area contributed by atoms with Gasteiger partial charge in [-0.1, -0.05) is 6.07 Å². The Hall–Kier alpha value is -1.13. The topological polar surface area (TPSA) is 37.4 Å². The molecule has 3 rings (SSSR count). The van der Waals surface area contributed by atoms with Gasteiger partial charge < -0.3 is 15.0 Å². The van der Waals surface area contributed by atoms with E-state index in [4.69, 9.17) is 9.72 Å². The second-order valence-electron chi connectivity index (χ2n) is 5.02. The van der Waals surface area contributed by atoms with E-state index in [1.807, 2.05) is 0 Å². The summed E-state index contributed by atoms with van der Waals surface area (Å²) in [5.41, 5.74) is 1.19. The van der Waals surface area contributed by atoms with Crippen LogP contribution in [0.2, 0.25) is 0 Å². The molecule has 4 heteroatoms. The molecular weight excluding hydrogens is 226 g/mol. The van der Waals surface area contributed by atoms with Crippen molar-refractivity contribution in [3.8, 4) is 0 Å². The van der Waals surface area contributed by atoms with Crippen LogP contribution in [0.5, 0.6) is 0 Å². The fourth-order valence-electron chi connectivity index (χ4n) is 2.72. The number of hydrogen-bond donors (Lipinski definition) is 1. The van der Waals surface area contributed by atoms with Crippen LogP contribution in [-0.2, 0) is 4.74 Å². The highest BCUT2D eigenvalue weighted by atomic mass is 16.5. The van der Waals surface area contributed by atoms with E-state index in [1.54, 1.807) is 0 Å². The van der Waals surface area contributed by atoms with Crippen molar-refractivity contribution < 1.29 is 4.74 Å². The molecule has 0 spiro atoms. The van der Waals surface area contributed by atoms with E-state index in [0.717, 1.165) is 45.1 Å². The first kappa shape index (κ1) is 11.9. The van der Waals surface area contributed by atoms with Crippen molar-refractivity contribution in [2.75, 3.05) is 37.7 Å². The Kier molecular flexibility index (Phi) is 3.76. The van der Waals surface area contributed by atoms with Crippen LogP contribution in [0, 0.1) is 0 Å². The third-order valence-electron chi connectivity index (χ3n) is 3.72. The van der Waals surface area contributed by atoms with Gasteiger partial charge in [0.2, 0.25) is 0 Å². The maximum absolute atomic E-state index is 5.49. The predicted octanol–water partition coefficient (Wildman–Crippen LogP) is 1.73. The van der Waals surface area contributed by atoms with E-state index < -0.39 is 0 Å². The van der Waals surface area contributed by atoms with Crippen molar-refractivity contribution in [2.24, 2.45) is 0 Å². The van der Waals surface area contributed by atoms with Gasteiger partial charge in [-0.3, -0.25) is 0 Å². The largest absolute Gasteiger partial charge is 0.380 e. The number of anilines is 1. The van der Waals surface area contributed by atoms with Gasteiger partial charge in [0.15, 0.2) is 0 Å². The molecule has 0 bridgehead atoms. The van der Waals surface area contributed by atoms with Crippen LogP contribution < -0.4 is 10.2 Å². The van der Waals surface area contributed by atoms with E-state index >= 15 is 0 Å². The first-order chi connectivity index (χ1) is 8.93. The lowest BCUT2D eigenvalue weighted by molar-refractivity contribution is 0.152. The number of pyridine rings is 1. The van der Waals surface area contributed by atoms with Crippen LogP contribution >= 0.6 is 0 Å². The molecule has 2 fully saturated rings. The fourth-order valence-corrected chi connectivity index (χ4v) is 2.72. The average molecular weight is 247 g/mol. The van der Waals surface area contributed by atoms with Crippen LogP contribution in [0.1, 0.15) is 31.0 Å². The van der Waals surface area contributed by atoms with Crippen LogP contribution in [-0.4, -0.2) is 37.8 Å². The SMILES string of the molecule is c1cc([C@@H]2CCCN2)nc(N2CCCOCC2)c1. The number of nitrogens with one attached hydrogen (secondary N) is 1. The molecule has 98 valence electrons. The summed E-state index contributed by atoms with van der Waals surface area (Å²) in [5, 5.41) is 3.51.